The highest BCUT2D eigenvalue weighted by Crippen LogP contribution is 2.36. The van der Waals surface area contributed by atoms with Crippen LogP contribution in [0.1, 0.15) is 66.2 Å². The van der Waals surface area contributed by atoms with Crippen LogP contribution in [0.4, 0.5) is 0 Å². The second-order valence-corrected chi connectivity index (χ2v) is 7.42. The Morgan fingerprint density at radius 1 is 1.32 bits per heavy atom. The summed E-state index contributed by atoms with van der Waals surface area (Å²) in [5, 5.41) is 0. The zero-order chi connectivity index (χ0) is 17.0. The Labute approximate surface area is 141 Å². The van der Waals surface area contributed by atoms with E-state index in [1.54, 1.807) is 0 Å². The van der Waals surface area contributed by atoms with E-state index in [0.717, 1.165) is 12.0 Å². The van der Waals surface area contributed by atoms with E-state index in [4.69, 9.17) is 0 Å². The van der Waals surface area contributed by atoms with Crippen molar-refractivity contribution in [3.05, 3.63) is 23.8 Å². The maximum Gasteiger partial charge on any atom is 0.330 e. The van der Waals surface area contributed by atoms with Gasteiger partial charge < -0.3 is 4.74 Å². The minimum atomic E-state index is -0.289. The minimum absolute atomic E-state index is 0.289. The molecule has 0 amide bonds. The summed E-state index contributed by atoms with van der Waals surface area (Å²) in [5.41, 5.74) is 0.942. The van der Waals surface area contributed by atoms with Gasteiger partial charge in [0.2, 0.25) is 0 Å². The largest absolute Gasteiger partial charge is 0.466 e. The molecule has 0 heterocycles. The molecule has 0 radical (unpaired) electrons. The third kappa shape index (κ3) is 8.67. The topological polar surface area (TPSA) is 26.3 Å². The number of carbonyl (C=O) groups excluding carboxylic acids is 1. The molecule has 0 saturated heterocycles. The molecule has 2 nitrogen and oxygen atoms in total. The molecule has 0 spiro atoms. The number of rotatable bonds is 11. The molecule has 0 bridgehead atoms. The fourth-order valence-electron chi connectivity index (χ4n) is 2.66. The third-order valence-corrected chi connectivity index (χ3v) is 6.16. The molecule has 0 aromatic rings. The molecule has 128 valence electrons. The average molecular weight is 327 g/mol. The van der Waals surface area contributed by atoms with E-state index in [9.17, 15) is 4.79 Å². The van der Waals surface area contributed by atoms with Crippen LogP contribution in [-0.2, 0) is 9.53 Å². The molecule has 0 aliphatic carbocycles. The molecule has 0 aliphatic rings. The normalized spacial score (nSPS) is 14.4. The van der Waals surface area contributed by atoms with Gasteiger partial charge in [-0.2, -0.15) is 11.8 Å². The smallest absolute Gasteiger partial charge is 0.330 e. The highest BCUT2D eigenvalue weighted by molar-refractivity contribution is 8.00. The molecule has 22 heavy (non-hydrogen) atoms. The zero-order valence-corrected chi connectivity index (χ0v) is 16.1. The molecule has 1 atom stereocenters. The van der Waals surface area contributed by atoms with Crippen molar-refractivity contribution >= 4 is 17.7 Å². The van der Waals surface area contributed by atoms with E-state index in [2.05, 4.69) is 37.8 Å². The number of allylic oxidation sites excluding steroid dienone is 3. The van der Waals surface area contributed by atoms with Crippen LogP contribution >= 0.6 is 11.8 Å². The van der Waals surface area contributed by atoms with E-state index >= 15 is 0 Å². The number of hydrogen-bond acceptors (Lipinski definition) is 3. The lowest BCUT2D eigenvalue weighted by atomic mass is 9.92. The van der Waals surface area contributed by atoms with Gasteiger partial charge in [-0.1, -0.05) is 45.8 Å². The first-order valence-electron chi connectivity index (χ1n) is 8.41. The van der Waals surface area contributed by atoms with Crippen LogP contribution in [0.25, 0.3) is 0 Å². The van der Waals surface area contributed by atoms with Crippen molar-refractivity contribution in [2.24, 2.45) is 5.92 Å². The molecular weight excluding hydrogens is 292 g/mol. The highest BCUT2D eigenvalue weighted by atomic mass is 32.2. The van der Waals surface area contributed by atoms with Crippen molar-refractivity contribution in [2.45, 2.75) is 71.0 Å². The highest BCUT2D eigenvalue weighted by Gasteiger charge is 2.24. The summed E-state index contributed by atoms with van der Waals surface area (Å²) in [6, 6.07) is 0. The number of hydrogen-bond donors (Lipinski definition) is 0. The van der Waals surface area contributed by atoms with E-state index in [0.29, 0.717) is 10.7 Å². The minimum Gasteiger partial charge on any atom is -0.466 e. The van der Waals surface area contributed by atoms with Gasteiger partial charge in [0, 0.05) is 10.8 Å². The van der Waals surface area contributed by atoms with Crippen molar-refractivity contribution in [3.63, 3.8) is 0 Å². The summed E-state index contributed by atoms with van der Waals surface area (Å²) in [6.07, 6.45) is 15.4. The third-order valence-electron chi connectivity index (χ3n) is 4.52. The average Bonchev–Trinajstić information content (AvgIpc) is 2.52. The van der Waals surface area contributed by atoms with Crippen molar-refractivity contribution < 1.29 is 9.53 Å². The van der Waals surface area contributed by atoms with Gasteiger partial charge in [-0.05, 0) is 50.4 Å². The van der Waals surface area contributed by atoms with Gasteiger partial charge in [0.05, 0.1) is 7.11 Å². The molecule has 0 N–H and O–H groups in total. The predicted molar refractivity (Wildman–Crippen MR) is 99.4 cm³/mol. The van der Waals surface area contributed by atoms with Crippen LogP contribution in [0.2, 0.25) is 0 Å². The lowest BCUT2D eigenvalue weighted by molar-refractivity contribution is -0.134. The lowest BCUT2D eigenvalue weighted by Crippen LogP contribution is -2.22. The van der Waals surface area contributed by atoms with Gasteiger partial charge in [-0.3, -0.25) is 0 Å². The number of ether oxygens (including phenoxy) is 1. The van der Waals surface area contributed by atoms with Gasteiger partial charge in [-0.15, -0.1) is 0 Å². The summed E-state index contributed by atoms with van der Waals surface area (Å²) in [5.74, 6) is 0.401. The SMILES string of the molecule is CCC(CC)(CCCC(C)CC=CC(C)=CC(=O)OC)SC. The zero-order valence-electron chi connectivity index (χ0n) is 15.3. The molecule has 1 unspecified atom stereocenters. The van der Waals surface area contributed by atoms with Crippen LogP contribution in [0.3, 0.4) is 0 Å². The molecule has 0 fully saturated rings. The maximum atomic E-state index is 11.1. The fourth-order valence-corrected chi connectivity index (χ4v) is 3.59. The number of esters is 1. The molecular formula is C19H34O2S. The number of thioether (sulfide) groups is 1. The molecule has 0 aromatic heterocycles. The fraction of sp³-hybridized carbons (Fsp3) is 0.737. The summed E-state index contributed by atoms with van der Waals surface area (Å²) in [4.78, 5) is 11.1. The van der Waals surface area contributed by atoms with E-state index in [-0.39, 0.29) is 5.97 Å². The second kappa shape index (κ2) is 11.8. The first kappa shape index (κ1) is 21.3. The quantitative estimate of drug-likeness (QED) is 0.273. The summed E-state index contributed by atoms with van der Waals surface area (Å²) < 4.78 is 5.10. The first-order valence-corrected chi connectivity index (χ1v) is 9.63. The van der Waals surface area contributed by atoms with E-state index in [1.165, 1.54) is 45.3 Å². The monoisotopic (exact) mass is 326 g/mol. The number of carbonyl (C=O) groups is 1. The van der Waals surface area contributed by atoms with Crippen LogP contribution in [0.15, 0.2) is 23.8 Å². The van der Waals surface area contributed by atoms with Crippen LogP contribution < -0.4 is 0 Å². The number of methoxy groups -OCH3 is 1. The molecule has 0 aliphatic heterocycles. The maximum absolute atomic E-state index is 11.1. The van der Waals surface area contributed by atoms with Crippen molar-refractivity contribution in [1.29, 1.82) is 0 Å². The van der Waals surface area contributed by atoms with E-state index < -0.39 is 0 Å². The molecule has 0 rings (SSSR count). The molecule has 3 heteroatoms. The van der Waals surface area contributed by atoms with Crippen LogP contribution in [0, 0.1) is 5.92 Å². The molecule has 0 aromatic carbocycles. The van der Waals surface area contributed by atoms with Crippen LogP contribution in [0.5, 0.6) is 0 Å². The Morgan fingerprint density at radius 2 is 1.95 bits per heavy atom. The predicted octanol–water partition coefficient (Wildman–Crippen LogP) is 5.78. The van der Waals surface area contributed by atoms with Crippen molar-refractivity contribution in [3.8, 4) is 0 Å². The van der Waals surface area contributed by atoms with Gasteiger partial charge in [-0.25, -0.2) is 4.79 Å². The summed E-state index contributed by atoms with van der Waals surface area (Å²) in [7, 11) is 1.40. The summed E-state index contributed by atoms with van der Waals surface area (Å²) >= 11 is 2.03. The summed E-state index contributed by atoms with van der Waals surface area (Å²) in [6.45, 7) is 8.85. The lowest BCUT2D eigenvalue weighted by Gasteiger charge is -2.30. The van der Waals surface area contributed by atoms with Gasteiger partial charge >= 0.3 is 5.97 Å². The van der Waals surface area contributed by atoms with Crippen molar-refractivity contribution in [1.82, 2.24) is 0 Å². The van der Waals surface area contributed by atoms with Gasteiger partial charge in [0.25, 0.3) is 0 Å². The molecule has 0 saturated carbocycles. The Bertz CT molecular complexity index is 359. The van der Waals surface area contributed by atoms with Crippen molar-refractivity contribution in [2.75, 3.05) is 13.4 Å². The Morgan fingerprint density at radius 3 is 2.45 bits per heavy atom. The first-order chi connectivity index (χ1) is 10.4. The van der Waals surface area contributed by atoms with Gasteiger partial charge in [0.15, 0.2) is 0 Å². The standard InChI is InChI=1S/C19H34O2S/c1-7-19(8-2,22-6)14-10-13-16(3)11-9-12-17(4)15-18(20)21-5/h9,12,15-16H,7-8,10-11,13-14H2,1-6H3. The Kier molecular flexibility index (Phi) is 11.4. The van der Waals surface area contributed by atoms with Crippen LogP contribution in [-0.4, -0.2) is 24.1 Å². The Balaban J connectivity index is 4.12. The van der Waals surface area contributed by atoms with Gasteiger partial charge in [0.1, 0.15) is 0 Å². The Hall–Kier alpha value is -0.700. The van der Waals surface area contributed by atoms with E-state index in [1.807, 2.05) is 24.8 Å². The second-order valence-electron chi connectivity index (χ2n) is 6.14.